The van der Waals surface area contributed by atoms with Crippen molar-refractivity contribution in [3.63, 3.8) is 0 Å². The van der Waals surface area contributed by atoms with E-state index in [1.807, 2.05) is 32.9 Å². The number of amides is 2. The number of nitrogens with zero attached hydrogens (tertiary/aromatic N) is 2. The van der Waals surface area contributed by atoms with E-state index in [-0.39, 0.29) is 17.4 Å². The minimum absolute atomic E-state index is 0.0228. The summed E-state index contributed by atoms with van der Waals surface area (Å²) in [6, 6.07) is 17.6. The third-order valence-corrected chi connectivity index (χ3v) is 9.01. The molecule has 0 unspecified atom stereocenters. The Hall–Kier alpha value is -3.07. The van der Waals surface area contributed by atoms with Crippen molar-refractivity contribution >= 4 is 50.7 Å². The Kier molecular flexibility index (Phi) is 10.0. The number of hydrogen-bond acceptors (Lipinski definition) is 4. The minimum atomic E-state index is -4.12. The van der Waals surface area contributed by atoms with E-state index >= 15 is 0 Å². The Balaban J connectivity index is 2.05. The van der Waals surface area contributed by atoms with Gasteiger partial charge in [-0.1, -0.05) is 72.9 Å². The molecule has 10 heteroatoms. The number of rotatable bonds is 10. The molecule has 0 bridgehead atoms. The number of nitrogens with one attached hydrogen (secondary N) is 1. The van der Waals surface area contributed by atoms with Crippen molar-refractivity contribution < 1.29 is 18.0 Å². The molecule has 39 heavy (non-hydrogen) atoms. The molecule has 0 aromatic heterocycles. The topological polar surface area (TPSA) is 86.8 Å². The fraction of sp³-hybridized carbons (Fsp3) is 0.310. The van der Waals surface area contributed by atoms with E-state index in [9.17, 15) is 18.0 Å². The second-order valence-corrected chi connectivity index (χ2v) is 12.3. The zero-order valence-corrected chi connectivity index (χ0v) is 24.9. The average Bonchev–Trinajstić information content (AvgIpc) is 2.91. The van der Waals surface area contributed by atoms with Crippen molar-refractivity contribution in [2.24, 2.45) is 0 Å². The number of anilines is 1. The Morgan fingerprint density at radius 2 is 1.51 bits per heavy atom. The largest absolute Gasteiger partial charge is 0.357 e. The van der Waals surface area contributed by atoms with Crippen LogP contribution in [0.4, 0.5) is 5.69 Å². The van der Waals surface area contributed by atoms with Gasteiger partial charge in [-0.15, -0.1) is 0 Å². The fourth-order valence-electron chi connectivity index (χ4n) is 4.02. The van der Waals surface area contributed by atoms with E-state index in [1.165, 1.54) is 24.1 Å². The summed E-state index contributed by atoms with van der Waals surface area (Å²) in [5.41, 5.74) is 2.93. The normalized spacial score (nSPS) is 12.2. The highest BCUT2D eigenvalue weighted by Gasteiger charge is 2.32. The van der Waals surface area contributed by atoms with E-state index in [2.05, 4.69) is 5.32 Å². The van der Waals surface area contributed by atoms with Crippen LogP contribution in [0.15, 0.2) is 71.6 Å². The molecule has 0 aliphatic carbocycles. The lowest BCUT2D eigenvalue weighted by molar-refractivity contribution is -0.139. The molecule has 7 nitrogen and oxygen atoms in total. The van der Waals surface area contributed by atoms with Gasteiger partial charge in [0.15, 0.2) is 0 Å². The monoisotopic (exact) mass is 589 g/mol. The molecule has 0 saturated carbocycles. The predicted octanol–water partition coefficient (Wildman–Crippen LogP) is 5.78. The number of aryl methyl sites for hydroxylation is 1. The number of carbonyl (C=O) groups excluding carboxylic acids is 2. The first kappa shape index (κ1) is 30.5. The van der Waals surface area contributed by atoms with Crippen LogP contribution in [0.1, 0.15) is 43.4 Å². The summed E-state index contributed by atoms with van der Waals surface area (Å²) < 4.78 is 28.8. The van der Waals surface area contributed by atoms with Crippen molar-refractivity contribution in [2.45, 2.75) is 51.1 Å². The molecule has 0 spiro atoms. The van der Waals surface area contributed by atoms with Crippen molar-refractivity contribution in [1.82, 2.24) is 10.2 Å². The lowest BCUT2D eigenvalue weighted by Crippen LogP contribution is -2.50. The maximum Gasteiger partial charge on any atom is 0.264 e. The van der Waals surface area contributed by atoms with Crippen LogP contribution in [0.2, 0.25) is 10.0 Å². The molecule has 3 rings (SSSR count). The highest BCUT2D eigenvalue weighted by atomic mass is 35.5. The molecule has 0 heterocycles. The van der Waals surface area contributed by atoms with Gasteiger partial charge in [-0.2, -0.15) is 0 Å². The molecule has 3 aromatic carbocycles. The summed E-state index contributed by atoms with van der Waals surface area (Å²) in [6.45, 7) is 7.05. The van der Waals surface area contributed by atoms with Crippen LogP contribution in [0.5, 0.6) is 0 Å². The van der Waals surface area contributed by atoms with E-state index in [0.29, 0.717) is 21.3 Å². The van der Waals surface area contributed by atoms with Crippen LogP contribution < -0.4 is 9.62 Å². The summed E-state index contributed by atoms with van der Waals surface area (Å²) in [7, 11) is -2.65. The summed E-state index contributed by atoms with van der Waals surface area (Å²) in [6.07, 6.45) is 0. The molecule has 0 saturated heterocycles. The van der Waals surface area contributed by atoms with Gasteiger partial charge < -0.3 is 10.2 Å². The van der Waals surface area contributed by atoms with Gasteiger partial charge in [-0.05, 0) is 67.3 Å². The van der Waals surface area contributed by atoms with E-state index < -0.39 is 34.4 Å². The highest BCUT2D eigenvalue weighted by molar-refractivity contribution is 7.92. The van der Waals surface area contributed by atoms with E-state index in [0.717, 1.165) is 15.4 Å². The molecule has 1 atom stereocenters. The molecule has 2 amide bonds. The molecule has 208 valence electrons. The number of carbonyl (C=O) groups is 2. The first-order chi connectivity index (χ1) is 18.3. The second-order valence-electron chi connectivity index (χ2n) is 9.63. The average molecular weight is 591 g/mol. The highest BCUT2D eigenvalue weighted by Crippen LogP contribution is 2.28. The zero-order valence-electron chi connectivity index (χ0n) is 22.6. The zero-order chi connectivity index (χ0) is 28.9. The van der Waals surface area contributed by atoms with E-state index in [1.54, 1.807) is 49.4 Å². The first-order valence-electron chi connectivity index (χ1n) is 12.5. The Bertz CT molecular complexity index is 1430. The Morgan fingerprint density at radius 3 is 2.05 bits per heavy atom. The fourth-order valence-corrected chi connectivity index (χ4v) is 5.75. The number of likely N-dealkylation sites (N-methyl/N-ethyl adjacent to an activating group) is 1. The quantitative estimate of drug-likeness (QED) is 0.324. The number of benzene rings is 3. The van der Waals surface area contributed by atoms with Crippen molar-refractivity contribution in [3.8, 4) is 0 Å². The summed E-state index contributed by atoms with van der Waals surface area (Å²) in [4.78, 5) is 27.8. The van der Waals surface area contributed by atoms with Crippen molar-refractivity contribution in [1.29, 1.82) is 0 Å². The number of hydrogen-bond donors (Lipinski definition) is 1. The van der Waals surface area contributed by atoms with E-state index in [4.69, 9.17) is 23.2 Å². The van der Waals surface area contributed by atoms with Gasteiger partial charge in [0.1, 0.15) is 12.6 Å². The van der Waals surface area contributed by atoms with Crippen molar-refractivity contribution in [2.75, 3.05) is 17.9 Å². The molecule has 0 aliphatic rings. The van der Waals surface area contributed by atoms with Gasteiger partial charge in [0.05, 0.1) is 20.6 Å². The Morgan fingerprint density at radius 1 is 0.897 bits per heavy atom. The second kappa shape index (κ2) is 12.9. The SMILES string of the molecule is CNC(=O)[C@@H](C)N(Cc1ccc(Cl)c(Cl)c1)C(=O)CN(c1ccc(C(C)C)cc1)S(=O)(=O)c1ccc(C)cc1. The molecule has 0 aliphatic heterocycles. The smallest absolute Gasteiger partial charge is 0.264 e. The third-order valence-electron chi connectivity index (χ3n) is 6.49. The van der Waals surface area contributed by atoms with Gasteiger partial charge in [0.2, 0.25) is 11.8 Å². The van der Waals surface area contributed by atoms with Gasteiger partial charge in [-0.25, -0.2) is 8.42 Å². The van der Waals surface area contributed by atoms with Crippen LogP contribution in [0.3, 0.4) is 0 Å². The van der Waals surface area contributed by atoms with Crippen LogP contribution in [0.25, 0.3) is 0 Å². The lowest BCUT2D eigenvalue weighted by Gasteiger charge is -2.32. The van der Waals surface area contributed by atoms with Gasteiger partial charge in [0.25, 0.3) is 10.0 Å². The molecular formula is C29H33Cl2N3O4S. The molecule has 0 fully saturated rings. The van der Waals surface area contributed by atoms with Crippen LogP contribution in [-0.2, 0) is 26.2 Å². The van der Waals surface area contributed by atoms with Crippen molar-refractivity contribution in [3.05, 3.63) is 93.5 Å². The number of halogens is 2. The van der Waals surface area contributed by atoms with Gasteiger partial charge in [0, 0.05) is 13.6 Å². The molecular weight excluding hydrogens is 557 g/mol. The summed E-state index contributed by atoms with van der Waals surface area (Å²) >= 11 is 12.2. The maximum atomic E-state index is 13.9. The Labute approximate surface area is 240 Å². The molecule has 3 aromatic rings. The summed E-state index contributed by atoms with van der Waals surface area (Å²) in [5.74, 6) is -0.698. The molecule has 0 radical (unpaired) electrons. The first-order valence-corrected chi connectivity index (χ1v) is 14.7. The predicted molar refractivity (Wildman–Crippen MR) is 157 cm³/mol. The standard InChI is InChI=1S/C29H33Cl2N3O4S/c1-19(2)23-9-11-24(12-10-23)34(39(37,38)25-13-6-20(3)7-14-25)18-28(35)33(21(4)29(36)32-5)17-22-8-15-26(30)27(31)16-22/h6-16,19,21H,17-18H2,1-5H3,(H,32,36)/t21-/m1/s1. The van der Waals surface area contributed by atoms with Crippen LogP contribution in [0, 0.1) is 6.92 Å². The summed E-state index contributed by atoms with van der Waals surface area (Å²) in [5, 5.41) is 3.23. The van der Waals surface area contributed by atoms with Crippen LogP contribution >= 0.6 is 23.2 Å². The lowest BCUT2D eigenvalue weighted by atomic mass is 10.0. The number of sulfonamides is 1. The third kappa shape index (κ3) is 7.32. The van der Waals surface area contributed by atoms with Gasteiger partial charge >= 0.3 is 0 Å². The maximum absolute atomic E-state index is 13.9. The van der Waals surface area contributed by atoms with Gasteiger partial charge in [-0.3, -0.25) is 13.9 Å². The molecule has 1 N–H and O–H groups in total. The minimum Gasteiger partial charge on any atom is -0.357 e. The van der Waals surface area contributed by atoms with Crippen LogP contribution in [-0.4, -0.2) is 44.8 Å².